The molecule has 0 atom stereocenters. The molecule has 0 amide bonds. The molecule has 5 aromatic carbocycles. The van der Waals surface area contributed by atoms with Crippen LogP contribution in [0.2, 0.25) is 0 Å². The summed E-state index contributed by atoms with van der Waals surface area (Å²) in [5.74, 6) is -1.26. The van der Waals surface area contributed by atoms with E-state index in [0.717, 1.165) is 22.9 Å². The number of aromatic carboxylic acids is 2. The number of rotatable bonds is 26. The molecule has 0 saturated carbocycles. The summed E-state index contributed by atoms with van der Waals surface area (Å²) in [5.41, 5.74) is 2.06. The average molecular weight is 821 g/mol. The summed E-state index contributed by atoms with van der Waals surface area (Å²) in [6.07, 6.45) is 8.35. The van der Waals surface area contributed by atoms with Gasteiger partial charge in [-0.3, -0.25) is 0 Å². The summed E-state index contributed by atoms with van der Waals surface area (Å²) >= 11 is 0. The number of para-hydroxylation sites is 1. The predicted octanol–water partition coefficient (Wildman–Crippen LogP) is 7.08. The molecule has 0 saturated heterocycles. The second-order valence-electron chi connectivity index (χ2n) is 12.7. The Kier molecular flexibility index (Phi) is 17.8. The summed E-state index contributed by atoms with van der Waals surface area (Å²) in [4.78, 5) is 46.9. The van der Waals surface area contributed by atoms with E-state index >= 15 is 0 Å². The molecule has 14 heteroatoms. The third kappa shape index (κ3) is 14.8. The summed E-state index contributed by atoms with van der Waals surface area (Å²) in [6.45, 7) is 3.14. The van der Waals surface area contributed by atoms with Crippen LogP contribution >= 0.6 is 0 Å². The van der Waals surface area contributed by atoms with Gasteiger partial charge < -0.3 is 48.3 Å². The second-order valence-corrected chi connectivity index (χ2v) is 12.7. The van der Waals surface area contributed by atoms with E-state index < -0.39 is 17.9 Å². The minimum atomic E-state index is -1.32. The molecule has 2 N–H and O–H groups in total. The van der Waals surface area contributed by atoms with Gasteiger partial charge in [-0.2, -0.15) is 4.89 Å². The molecule has 0 fully saturated rings. The molecule has 5 rings (SSSR count). The Bertz CT molecular complexity index is 2160. The van der Waals surface area contributed by atoms with Gasteiger partial charge in [0, 0.05) is 0 Å². The Morgan fingerprint density at radius 1 is 0.517 bits per heavy atom. The topological polar surface area (TPSA) is 175 Å². The minimum absolute atomic E-state index is 0.0504. The Hall–Kier alpha value is -6.89. The van der Waals surface area contributed by atoms with Gasteiger partial charge in [0.05, 0.1) is 56.3 Å². The lowest BCUT2D eigenvalue weighted by Gasteiger charge is -2.12. The zero-order valence-electron chi connectivity index (χ0n) is 32.6. The van der Waals surface area contributed by atoms with Crippen LogP contribution in [0, 0.1) is 12.5 Å². The zero-order chi connectivity index (χ0) is 42.4. The fourth-order valence-corrected chi connectivity index (χ4v) is 5.50. The molecule has 60 heavy (non-hydrogen) atoms. The summed E-state index contributed by atoms with van der Waals surface area (Å²) in [6, 6.07) is 32.1. The van der Waals surface area contributed by atoms with Crippen molar-refractivity contribution >= 4 is 17.9 Å². The number of carboxylic acids is 2. The first kappa shape index (κ1) is 44.2. The van der Waals surface area contributed by atoms with Crippen molar-refractivity contribution in [1.82, 2.24) is 0 Å². The van der Waals surface area contributed by atoms with Gasteiger partial charge in [0.25, 0.3) is 0 Å². The molecular formula is C46H44O14. The van der Waals surface area contributed by atoms with Crippen molar-refractivity contribution in [1.29, 1.82) is 0 Å². The monoisotopic (exact) mass is 820 g/mol. The third-order valence-electron chi connectivity index (χ3n) is 8.53. The summed E-state index contributed by atoms with van der Waals surface area (Å²) in [5, 5.41) is 19.2. The highest BCUT2D eigenvalue weighted by molar-refractivity contribution is 6.03. The molecule has 14 nitrogen and oxygen atoms in total. The summed E-state index contributed by atoms with van der Waals surface area (Å²) in [7, 11) is 0. The molecule has 0 spiro atoms. The maximum atomic E-state index is 12.6. The standard InChI is InChI=1S/C46H44O14/c1-2-55-39-18-19-41(43(31-39)45(49)50)46(51)59-37-13-8-33(9-14-37)20-22-52-24-26-54-27-25-53-23-21-34-10-15-38(16-11-34)60-58-32-35-12-17-40(30-42(35)44(47)48)57-29-28-56-36-6-4-3-5-7-36/h1,3-19,30-31H,20-29,32H2,(H,47,48)(H,49,50). The minimum Gasteiger partial charge on any atom is -0.490 e. The van der Waals surface area contributed by atoms with E-state index in [4.69, 9.17) is 49.4 Å². The molecule has 0 radical (unpaired) electrons. The molecule has 0 heterocycles. The van der Waals surface area contributed by atoms with Crippen molar-refractivity contribution in [3.63, 3.8) is 0 Å². The number of carboxylic acid groups (broad SMARTS) is 2. The molecule has 0 bridgehead atoms. The number of esters is 1. The van der Waals surface area contributed by atoms with Crippen molar-refractivity contribution in [2.45, 2.75) is 19.4 Å². The van der Waals surface area contributed by atoms with Crippen LogP contribution in [-0.4, -0.2) is 81.0 Å². The van der Waals surface area contributed by atoms with E-state index in [-0.39, 0.29) is 41.4 Å². The van der Waals surface area contributed by atoms with Crippen molar-refractivity contribution in [3.05, 3.63) is 149 Å². The van der Waals surface area contributed by atoms with Gasteiger partial charge in [-0.05, 0) is 96.3 Å². The first-order valence-corrected chi connectivity index (χ1v) is 18.9. The number of carbonyl (C=O) groups is 3. The highest BCUT2D eigenvalue weighted by Crippen LogP contribution is 2.23. The van der Waals surface area contributed by atoms with Crippen LogP contribution in [0.15, 0.2) is 115 Å². The van der Waals surface area contributed by atoms with Gasteiger partial charge in [-0.1, -0.05) is 55.0 Å². The largest absolute Gasteiger partial charge is 0.490 e. The van der Waals surface area contributed by atoms with E-state index in [2.05, 4.69) is 0 Å². The maximum absolute atomic E-state index is 12.6. The highest BCUT2D eigenvalue weighted by atomic mass is 17.2. The van der Waals surface area contributed by atoms with E-state index in [9.17, 15) is 24.6 Å². The molecule has 0 aromatic heterocycles. The van der Waals surface area contributed by atoms with Gasteiger partial charge in [0.1, 0.15) is 48.9 Å². The number of carbonyl (C=O) groups excluding carboxylic acids is 1. The van der Waals surface area contributed by atoms with Gasteiger partial charge >= 0.3 is 17.9 Å². The Morgan fingerprint density at radius 2 is 1.05 bits per heavy atom. The lowest BCUT2D eigenvalue weighted by molar-refractivity contribution is -0.217. The molecule has 0 unspecified atom stereocenters. The van der Waals surface area contributed by atoms with Crippen molar-refractivity contribution in [3.8, 4) is 41.3 Å². The average Bonchev–Trinajstić information content (AvgIpc) is 3.26. The van der Waals surface area contributed by atoms with Gasteiger partial charge in [0.15, 0.2) is 5.75 Å². The van der Waals surface area contributed by atoms with E-state index in [0.29, 0.717) is 76.2 Å². The van der Waals surface area contributed by atoms with Crippen LogP contribution in [-0.2, 0) is 38.5 Å². The number of benzene rings is 5. The first-order valence-electron chi connectivity index (χ1n) is 18.9. The lowest BCUT2D eigenvalue weighted by Crippen LogP contribution is -2.14. The number of hydrogen-bond acceptors (Lipinski definition) is 12. The fourth-order valence-electron chi connectivity index (χ4n) is 5.50. The number of hydrogen-bond donors (Lipinski definition) is 2. The van der Waals surface area contributed by atoms with Crippen LogP contribution in [0.5, 0.6) is 28.7 Å². The van der Waals surface area contributed by atoms with Gasteiger partial charge in [0.2, 0.25) is 0 Å². The van der Waals surface area contributed by atoms with Crippen molar-refractivity contribution < 1.29 is 67.5 Å². The zero-order valence-corrected chi connectivity index (χ0v) is 32.6. The van der Waals surface area contributed by atoms with Crippen LogP contribution in [0.4, 0.5) is 0 Å². The maximum Gasteiger partial charge on any atom is 0.344 e. The van der Waals surface area contributed by atoms with Crippen LogP contribution in [0.3, 0.4) is 0 Å². The Labute approximate surface area is 347 Å². The van der Waals surface area contributed by atoms with Crippen molar-refractivity contribution in [2.75, 3.05) is 52.9 Å². The summed E-state index contributed by atoms with van der Waals surface area (Å²) < 4.78 is 38.4. The third-order valence-corrected chi connectivity index (χ3v) is 8.53. The SMILES string of the molecule is C#COc1ccc(C(=O)Oc2ccc(CCOCCOCCOCCc3ccc(OOCc4ccc(OCCOc5ccccc5)cc4C(=O)O)cc3)cc2)c(C(=O)O)c1. The molecule has 5 aromatic rings. The molecule has 0 aliphatic rings. The van der Waals surface area contributed by atoms with E-state index in [1.807, 2.05) is 48.6 Å². The Morgan fingerprint density at radius 3 is 1.65 bits per heavy atom. The Balaban J connectivity index is 0.879. The number of terminal acetylenes is 1. The van der Waals surface area contributed by atoms with E-state index in [1.165, 1.54) is 18.2 Å². The second kappa shape index (κ2) is 24.1. The molecular weight excluding hydrogens is 776 g/mol. The van der Waals surface area contributed by atoms with E-state index in [1.54, 1.807) is 48.5 Å². The predicted molar refractivity (Wildman–Crippen MR) is 217 cm³/mol. The van der Waals surface area contributed by atoms with Crippen molar-refractivity contribution in [2.24, 2.45) is 0 Å². The lowest BCUT2D eigenvalue weighted by atomic mass is 10.1. The highest BCUT2D eigenvalue weighted by Gasteiger charge is 2.20. The van der Waals surface area contributed by atoms with Gasteiger partial charge in [-0.25, -0.2) is 14.4 Å². The van der Waals surface area contributed by atoms with Crippen LogP contribution in [0.1, 0.15) is 47.8 Å². The van der Waals surface area contributed by atoms with Gasteiger partial charge in [-0.15, -0.1) is 0 Å². The quantitative estimate of drug-likeness (QED) is 0.0145. The molecule has 0 aliphatic heterocycles. The number of ether oxygens (including phenoxy) is 7. The fraction of sp³-hybridized carbons (Fsp3) is 0.239. The normalized spacial score (nSPS) is 10.7. The first-order chi connectivity index (χ1) is 29.3. The molecule has 0 aliphatic carbocycles. The smallest absolute Gasteiger partial charge is 0.344 e. The van der Waals surface area contributed by atoms with Crippen LogP contribution < -0.4 is 23.8 Å². The van der Waals surface area contributed by atoms with Crippen LogP contribution in [0.25, 0.3) is 0 Å². The molecule has 312 valence electrons.